The highest BCUT2D eigenvalue weighted by atomic mass is 16.5. The molecule has 5 aromatic rings. The molecule has 7 nitrogen and oxygen atoms in total. The molecule has 0 unspecified atom stereocenters. The van der Waals surface area contributed by atoms with Crippen LogP contribution >= 0.6 is 0 Å². The Morgan fingerprint density at radius 2 is 1.88 bits per heavy atom. The fourth-order valence-electron chi connectivity index (χ4n) is 4.00. The van der Waals surface area contributed by atoms with Crippen molar-refractivity contribution in [3.8, 4) is 16.9 Å². The van der Waals surface area contributed by atoms with Gasteiger partial charge in [0, 0.05) is 46.9 Å². The maximum absolute atomic E-state index is 12.7. The van der Waals surface area contributed by atoms with Gasteiger partial charge in [0.15, 0.2) is 0 Å². The van der Waals surface area contributed by atoms with Gasteiger partial charge in [-0.1, -0.05) is 35.5 Å². The zero-order valence-corrected chi connectivity index (χ0v) is 18.5. The Bertz CT molecular complexity index is 1440. The fraction of sp³-hybridized carbons (Fsp3) is 0.192. The highest BCUT2D eigenvalue weighted by Crippen LogP contribution is 2.26. The molecule has 0 aliphatic carbocycles. The highest BCUT2D eigenvalue weighted by Gasteiger charge is 2.16. The van der Waals surface area contributed by atoms with E-state index in [0.717, 1.165) is 50.6 Å². The van der Waals surface area contributed by atoms with E-state index in [1.54, 1.807) is 18.6 Å². The van der Waals surface area contributed by atoms with E-state index in [9.17, 15) is 4.79 Å². The number of fused-ring (bicyclic) bond motifs is 1. The van der Waals surface area contributed by atoms with Crippen molar-refractivity contribution < 1.29 is 9.32 Å². The summed E-state index contributed by atoms with van der Waals surface area (Å²) in [6, 6.07) is 15.7. The number of rotatable bonds is 7. The molecule has 1 aromatic carbocycles. The van der Waals surface area contributed by atoms with Crippen LogP contribution in [0.1, 0.15) is 29.1 Å². The van der Waals surface area contributed by atoms with Crippen molar-refractivity contribution in [1.29, 1.82) is 0 Å². The second-order valence-electron chi connectivity index (χ2n) is 8.09. The minimum atomic E-state index is 0.124. The number of aryl methyl sites for hydroxylation is 2. The van der Waals surface area contributed by atoms with Crippen molar-refractivity contribution >= 4 is 16.7 Å². The number of hydrogen-bond donors (Lipinski definition) is 0. The van der Waals surface area contributed by atoms with Gasteiger partial charge in [0.25, 0.3) is 0 Å². The molecular weight excluding hydrogens is 414 g/mol. The van der Waals surface area contributed by atoms with Gasteiger partial charge in [0.1, 0.15) is 17.2 Å². The molecule has 0 amide bonds. The minimum absolute atomic E-state index is 0.124. The summed E-state index contributed by atoms with van der Waals surface area (Å²) in [7, 11) is 0. The summed E-state index contributed by atoms with van der Waals surface area (Å²) in [5, 5.41) is 9.64. The summed E-state index contributed by atoms with van der Waals surface area (Å²) in [6.45, 7) is 3.83. The van der Waals surface area contributed by atoms with Crippen molar-refractivity contribution in [2.24, 2.45) is 0 Å². The number of hydrogen-bond acceptors (Lipinski definition) is 6. The topological polar surface area (TPSA) is 86.7 Å². The largest absolute Gasteiger partial charge is 0.361 e. The van der Waals surface area contributed by atoms with Crippen LogP contribution in [-0.2, 0) is 17.6 Å². The third-order valence-corrected chi connectivity index (χ3v) is 5.70. The van der Waals surface area contributed by atoms with Crippen LogP contribution in [0.4, 0.5) is 0 Å². The summed E-state index contributed by atoms with van der Waals surface area (Å²) in [5.74, 6) is 0.874. The quantitative estimate of drug-likeness (QED) is 0.362. The number of pyridine rings is 2. The summed E-state index contributed by atoms with van der Waals surface area (Å²) in [4.78, 5) is 21.5. The van der Waals surface area contributed by atoms with E-state index < -0.39 is 0 Å². The second kappa shape index (κ2) is 8.78. The molecule has 0 saturated carbocycles. The molecular formula is C26H23N5O2. The van der Waals surface area contributed by atoms with Crippen LogP contribution in [0.3, 0.4) is 0 Å². The maximum atomic E-state index is 12.7. The van der Waals surface area contributed by atoms with E-state index in [-0.39, 0.29) is 12.2 Å². The first-order valence-corrected chi connectivity index (χ1v) is 10.9. The standard InChI is InChI=1S/C26H23N5O2/c1-17-12-22(10-11-27-17)31-25-16-28-21(13-20(25)15-29-31)14-23(32)8-9-24-18(2)33-30-26(24)19-6-4-3-5-7-19/h3-7,10-13,15-16H,8-9,14H2,1-2H3. The van der Waals surface area contributed by atoms with Gasteiger partial charge in [-0.3, -0.25) is 14.8 Å². The van der Waals surface area contributed by atoms with Crippen LogP contribution in [0.15, 0.2) is 71.6 Å². The zero-order chi connectivity index (χ0) is 22.8. The van der Waals surface area contributed by atoms with Gasteiger partial charge < -0.3 is 4.52 Å². The second-order valence-corrected chi connectivity index (χ2v) is 8.09. The number of ketones is 1. The Labute approximate surface area is 191 Å². The lowest BCUT2D eigenvalue weighted by atomic mass is 10.00. The monoisotopic (exact) mass is 437 g/mol. The van der Waals surface area contributed by atoms with Gasteiger partial charge in [0.2, 0.25) is 0 Å². The molecule has 0 radical (unpaired) electrons. The molecule has 0 aliphatic heterocycles. The minimum Gasteiger partial charge on any atom is -0.361 e. The Balaban J connectivity index is 1.29. The van der Waals surface area contributed by atoms with Crippen LogP contribution in [0.5, 0.6) is 0 Å². The van der Waals surface area contributed by atoms with Gasteiger partial charge in [-0.15, -0.1) is 0 Å². The fourth-order valence-corrected chi connectivity index (χ4v) is 4.00. The van der Waals surface area contributed by atoms with Crippen LogP contribution < -0.4 is 0 Å². The first kappa shape index (κ1) is 20.8. The van der Waals surface area contributed by atoms with Crippen molar-refractivity contribution in [3.05, 3.63) is 89.8 Å². The van der Waals surface area contributed by atoms with Crippen LogP contribution in [-0.4, -0.2) is 30.7 Å². The lowest BCUT2D eigenvalue weighted by molar-refractivity contribution is -0.118. The molecule has 0 fully saturated rings. The summed E-state index contributed by atoms with van der Waals surface area (Å²) in [6.07, 6.45) is 6.60. The zero-order valence-electron chi connectivity index (χ0n) is 18.5. The maximum Gasteiger partial charge on any atom is 0.139 e. The number of nitrogens with zero attached hydrogens (tertiary/aromatic N) is 5. The lowest BCUT2D eigenvalue weighted by Gasteiger charge is -2.05. The average Bonchev–Trinajstić information content (AvgIpc) is 3.41. The molecule has 0 spiro atoms. The summed E-state index contributed by atoms with van der Waals surface area (Å²) in [5.41, 5.74) is 6.26. The molecule has 7 heteroatoms. The molecule has 0 saturated heterocycles. The third-order valence-electron chi connectivity index (χ3n) is 5.70. The number of carbonyl (C=O) groups is 1. The summed E-state index contributed by atoms with van der Waals surface area (Å²) >= 11 is 0. The van der Waals surface area contributed by atoms with E-state index in [2.05, 4.69) is 20.2 Å². The first-order chi connectivity index (χ1) is 16.1. The summed E-state index contributed by atoms with van der Waals surface area (Å²) < 4.78 is 7.24. The average molecular weight is 438 g/mol. The van der Waals surface area contributed by atoms with Gasteiger partial charge >= 0.3 is 0 Å². The molecule has 5 rings (SSSR count). The predicted molar refractivity (Wildman–Crippen MR) is 125 cm³/mol. The SMILES string of the molecule is Cc1cc(-n2ncc3cc(CC(=O)CCc4c(-c5ccccc5)noc4C)ncc32)ccn1. The number of benzene rings is 1. The first-order valence-electron chi connectivity index (χ1n) is 10.9. The van der Waals surface area contributed by atoms with E-state index in [4.69, 9.17) is 4.52 Å². The van der Waals surface area contributed by atoms with E-state index in [1.165, 1.54) is 0 Å². The van der Waals surface area contributed by atoms with E-state index >= 15 is 0 Å². The van der Waals surface area contributed by atoms with E-state index in [1.807, 2.05) is 67.1 Å². The lowest BCUT2D eigenvalue weighted by Crippen LogP contribution is -2.06. The number of aromatic nitrogens is 5. The normalized spacial score (nSPS) is 11.2. The molecule has 0 N–H and O–H groups in total. The van der Waals surface area contributed by atoms with Crippen LogP contribution in [0, 0.1) is 13.8 Å². The predicted octanol–water partition coefficient (Wildman–Crippen LogP) is 4.83. The van der Waals surface area contributed by atoms with E-state index in [0.29, 0.717) is 12.8 Å². The van der Waals surface area contributed by atoms with Crippen molar-refractivity contribution in [2.45, 2.75) is 33.1 Å². The molecule has 0 bridgehead atoms. The van der Waals surface area contributed by atoms with Gasteiger partial charge in [-0.25, -0.2) is 4.68 Å². The Hall–Kier alpha value is -4.13. The van der Waals surface area contributed by atoms with Crippen molar-refractivity contribution in [3.63, 3.8) is 0 Å². The van der Waals surface area contributed by atoms with Crippen molar-refractivity contribution in [1.82, 2.24) is 24.9 Å². The molecule has 0 aliphatic rings. The Morgan fingerprint density at radius 1 is 1.03 bits per heavy atom. The third kappa shape index (κ3) is 4.30. The van der Waals surface area contributed by atoms with Gasteiger partial charge in [-0.05, 0) is 38.5 Å². The van der Waals surface area contributed by atoms with Crippen LogP contribution in [0.25, 0.3) is 27.8 Å². The highest BCUT2D eigenvalue weighted by molar-refractivity contribution is 5.84. The van der Waals surface area contributed by atoms with Crippen molar-refractivity contribution in [2.75, 3.05) is 0 Å². The molecule has 4 heterocycles. The molecule has 33 heavy (non-hydrogen) atoms. The number of carbonyl (C=O) groups excluding carboxylic acids is 1. The Kier molecular flexibility index (Phi) is 5.52. The van der Waals surface area contributed by atoms with Gasteiger partial charge in [-0.2, -0.15) is 5.10 Å². The molecule has 4 aromatic heterocycles. The molecule has 0 atom stereocenters. The Morgan fingerprint density at radius 3 is 2.70 bits per heavy atom. The molecule has 164 valence electrons. The van der Waals surface area contributed by atoms with Crippen LogP contribution in [0.2, 0.25) is 0 Å². The number of Topliss-reactive ketones (excluding diaryl/α,β-unsaturated/α-hetero) is 1. The smallest absolute Gasteiger partial charge is 0.139 e. The van der Waals surface area contributed by atoms with Gasteiger partial charge in [0.05, 0.1) is 23.6 Å².